The zero-order chi connectivity index (χ0) is 15.5. The highest BCUT2D eigenvalue weighted by Crippen LogP contribution is 2.40. The second kappa shape index (κ2) is 7.12. The van der Waals surface area contributed by atoms with Crippen LogP contribution in [0.4, 0.5) is 0 Å². The van der Waals surface area contributed by atoms with Crippen molar-refractivity contribution < 1.29 is 0 Å². The maximum absolute atomic E-state index is 3.69. The van der Waals surface area contributed by atoms with Gasteiger partial charge in [0.05, 0.1) is 5.92 Å². The van der Waals surface area contributed by atoms with E-state index < -0.39 is 0 Å². The van der Waals surface area contributed by atoms with Crippen LogP contribution in [0.1, 0.15) is 16.7 Å². The second-order valence-electron chi connectivity index (χ2n) is 4.81. The van der Waals surface area contributed by atoms with Crippen molar-refractivity contribution in [3.05, 3.63) is 109 Å². The Balaban J connectivity index is 2.27. The van der Waals surface area contributed by atoms with Gasteiger partial charge in [-0.3, -0.25) is 0 Å². The summed E-state index contributed by atoms with van der Waals surface area (Å²) in [6.45, 7) is 0. The van der Waals surface area contributed by atoms with Gasteiger partial charge in [-0.2, -0.15) is 0 Å². The van der Waals surface area contributed by atoms with E-state index >= 15 is 0 Å². The molecule has 3 rings (SSSR count). The Kier molecular flexibility index (Phi) is 5.17. The van der Waals surface area contributed by atoms with Crippen LogP contribution in [0.2, 0.25) is 0 Å². The van der Waals surface area contributed by atoms with Gasteiger partial charge in [-0.15, -0.1) is 0 Å². The summed E-state index contributed by atoms with van der Waals surface area (Å²) < 4.78 is 3.24. The molecule has 0 saturated carbocycles. The predicted molar refractivity (Wildman–Crippen MR) is 103 cm³/mol. The summed E-state index contributed by atoms with van der Waals surface area (Å²) in [5.74, 6) is 1.19. The lowest BCUT2D eigenvalue weighted by Gasteiger charge is -2.21. The van der Waals surface area contributed by atoms with Gasteiger partial charge in [0.25, 0.3) is 0 Å². The maximum atomic E-state index is 3.69. The number of halogens is 3. The smallest absolute Gasteiger partial charge is 0.0619 e. The van der Waals surface area contributed by atoms with E-state index in [1.165, 1.54) is 22.6 Å². The fourth-order valence-corrected chi connectivity index (χ4v) is 3.88. The lowest BCUT2D eigenvalue weighted by molar-refractivity contribution is 1.19. The van der Waals surface area contributed by atoms with E-state index in [1.54, 1.807) is 0 Å². The first-order valence-corrected chi connectivity index (χ1v) is 9.18. The second-order valence-corrected chi connectivity index (χ2v) is 7.38. The molecule has 0 saturated heterocycles. The molecule has 0 fully saturated rings. The Morgan fingerprint density at radius 3 is 1.00 bits per heavy atom. The van der Waals surface area contributed by atoms with E-state index in [0.717, 1.165) is 13.4 Å². The van der Waals surface area contributed by atoms with Gasteiger partial charge >= 0.3 is 0 Å². The number of hydrogen-bond acceptors (Lipinski definition) is 0. The van der Waals surface area contributed by atoms with E-state index in [2.05, 4.69) is 102 Å². The zero-order valence-corrected chi connectivity index (χ0v) is 16.3. The minimum absolute atomic E-state index is 1.08. The Bertz CT molecular complexity index is 688. The van der Waals surface area contributed by atoms with Crippen molar-refractivity contribution in [3.8, 4) is 0 Å². The highest BCUT2D eigenvalue weighted by molar-refractivity contribution is 9.11. The summed E-state index contributed by atoms with van der Waals surface area (Å²) in [5.41, 5.74) is 3.50. The van der Waals surface area contributed by atoms with E-state index in [0.29, 0.717) is 0 Å². The average Bonchev–Trinajstić information content (AvgIpc) is 2.53. The molecule has 0 aliphatic carbocycles. The zero-order valence-electron chi connectivity index (χ0n) is 11.6. The van der Waals surface area contributed by atoms with Gasteiger partial charge in [0.2, 0.25) is 0 Å². The molecule has 0 nitrogen and oxygen atoms in total. The molecule has 0 aromatic heterocycles. The van der Waals surface area contributed by atoms with Crippen LogP contribution in [0.3, 0.4) is 0 Å². The maximum Gasteiger partial charge on any atom is 0.0663 e. The number of benzene rings is 3. The Morgan fingerprint density at radius 1 is 0.455 bits per heavy atom. The standard InChI is InChI=1S/C19H12Br3/c20-16-10-4-1-7-13(16)19(14-8-2-5-11-17(14)21)15-9-3-6-12-18(15)22/h1-12H. The monoisotopic (exact) mass is 477 g/mol. The first-order valence-electron chi connectivity index (χ1n) is 6.80. The van der Waals surface area contributed by atoms with Crippen molar-refractivity contribution in [1.82, 2.24) is 0 Å². The molecular formula is C19H12Br3. The molecule has 0 atom stereocenters. The summed E-state index contributed by atoms with van der Waals surface area (Å²) in [6, 6.07) is 24.9. The van der Waals surface area contributed by atoms with E-state index in [4.69, 9.17) is 0 Å². The molecule has 0 aliphatic rings. The van der Waals surface area contributed by atoms with Crippen molar-refractivity contribution in [3.63, 3.8) is 0 Å². The molecule has 0 unspecified atom stereocenters. The fraction of sp³-hybridized carbons (Fsp3) is 0. The van der Waals surface area contributed by atoms with E-state index in [9.17, 15) is 0 Å². The molecule has 0 amide bonds. The summed E-state index contributed by atoms with van der Waals surface area (Å²) in [6.07, 6.45) is 0. The fourth-order valence-electron chi connectivity index (χ4n) is 2.43. The van der Waals surface area contributed by atoms with Crippen LogP contribution >= 0.6 is 47.8 Å². The number of rotatable bonds is 3. The van der Waals surface area contributed by atoms with Crippen LogP contribution < -0.4 is 0 Å². The lowest BCUT2D eigenvalue weighted by Crippen LogP contribution is -2.07. The highest BCUT2D eigenvalue weighted by atomic mass is 79.9. The normalized spacial score (nSPS) is 10.9. The quantitative estimate of drug-likeness (QED) is 0.355. The molecule has 0 aliphatic heterocycles. The number of hydrogen-bond donors (Lipinski definition) is 0. The molecule has 109 valence electrons. The summed E-state index contributed by atoms with van der Waals surface area (Å²) in [4.78, 5) is 0. The van der Waals surface area contributed by atoms with Crippen LogP contribution in [-0.2, 0) is 0 Å². The molecule has 0 bridgehead atoms. The topological polar surface area (TPSA) is 0 Å². The summed E-state index contributed by atoms with van der Waals surface area (Å²) in [5, 5.41) is 0. The first kappa shape index (κ1) is 16.0. The Hall–Kier alpha value is -0.900. The van der Waals surface area contributed by atoms with Crippen LogP contribution in [0.25, 0.3) is 0 Å². The van der Waals surface area contributed by atoms with Gasteiger partial charge in [0.1, 0.15) is 0 Å². The Labute approximate surface area is 156 Å². The molecule has 3 aromatic rings. The van der Waals surface area contributed by atoms with Crippen molar-refractivity contribution in [2.75, 3.05) is 0 Å². The molecule has 3 aromatic carbocycles. The third-order valence-corrected chi connectivity index (χ3v) is 5.50. The third kappa shape index (κ3) is 3.22. The van der Waals surface area contributed by atoms with E-state index in [-0.39, 0.29) is 0 Å². The van der Waals surface area contributed by atoms with Gasteiger partial charge < -0.3 is 0 Å². The average molecular weight is 480 g/mol. The van der Waals surface area contributed by atoms with Crippen molar-refractivity contribution in [2.24, 2.45) is 0 Å². The van der Waals surface area contributed by atoms with Gasteiger partial charge in [0, 0.05) is 13.4 Å². The molecule has 22 heavy (non-hydrogen) atoms. The third-order valence-electron chi connectivity index (χ3n) is 3.43. The van der Waals surface area contributed by atoms with Crippen LogP contribution in [0.5, 0.6) is 0 Å². The van der Waals surface area contributed by atoms with Gasteiger partial charge in [-0.05, 0) is 34.9 Å². The SMILES string of the molecule is Brc1ccccc1[C](c1ccccc1Br)c1ccccc1Br. The lowest BCUT2D eigenvalue weighted by atomic mass is 9.85. The molecule has 0 heterocycles. The van der Waals surface area contributed by atoms with Crippen molar-refractivity contribution in [1.29, 1.82) is 0 Å². The van der Waals surface area contributed by atoms with Gasteiger partial charge in [-0.1, -0.05) is 102 Å². The molecule has 0 spiro atoms. The van der Waals surface area contributed by atoms with Crippen molar-refractivity contribution in [2.45, 2.75) is 0 Å². The predicted octanol–water partition coefficient (Wildman–Crippen LogP) is 6.99. The molecular weight excluding hydrogens is 468 g/mol. The van der Waals surface area contributed by atoms with Crippen molar-refractivity contribution >= 4 is 47.8 Å². The van der Waals surface area contributed by atoms with Crippen LogP contribution in [0.15, 0.2) is 86.2 Å². The minimum Gasteiger partial charge on any atom is -0.0619 e. The molecule has 1 radical (unpaired) electrons. The highest BCUT2D eigenvalue weighted by Gasteiger charge is 2.23. The van der Waals surface area contributed by atoms with E-state index in [1.807, 2.05) is 18.2 Å². The summed E-state index contributed by atoms with van der Waals surface area (Å²) >= 11 is 11.1. The summed E-state index contributed by atoms with van der Waals surface area (Å²) in [7, 11) is 0. The molecule has 0 N–H and O–H groups in total. The minimum atomic E-state index is 1.08. The first-order chi connectivity index (χ1) is 10.7. The Morgan fingerprint density at radius 2 is 0.727 bits per heavy atom. The van der Waals surface area contributed by atoms with Gasteiger partial charge in [-0.25, -0.2) is 0 Å². The van der Waals surface area contributed by atoms with Gasteiger partial charge in [0.15, 0.2) is 0 Å². The largest absolute Gasteiger partial charge is 0.0663 e. The molecule has 3 heteroatoms. The van der Waals surface area contributed by atoms with Crippen LogP contribution in [0, 0.1) is 5.92 Å². The van der Waals surface area contributed by atoms with Crippen LogP contribution in [-0.4, -0.2) is 0 Å².